The van der Waals surface area contributed by atoms with Crippen LogP contribution in [0.2, 0.25) is 0 Å². The number of hydrogen-bond acceptors (Lipinski definition) is 3. The smallest absolute Gasteiger partial charge is 0.344 e. The summed E-state index contributed by atoms with van der Waals surface area (Å²) in [7, 11) is 2.21. The van der Waals surface area contributed by atoms with Gasteiger partial charge < -0.3 is 19.3 Å². The summed E-state index contributed by atoms with van der Waals surface area (Å²) in [6.45, 7) is 5.03. The molecule has 0 amide bonds. The second-order valence-corrected chi connectivity index (χ2v) is 6.76. The first kappa shape index (κ1) is 15.2. The molecule has 1 aliphatic heterocycles. The number of nitrogens with one attached hydrogen (secondary N) is 2. The molecule has 1 saturated heterocycles. The summed E-state index contributed by atoms with van der Waals surface area (Å²) in [4.78, 5) is 15.3. The summed E-state index contributed by atoms with van der Waals surface area (Å²) >= 11 is 0. The van der Waals surface area contributed by atoms with Crippen LogP contribution in [0.3, 0.4) is 0 Å². The number of hydrogen-bond donors (Lipinski definition) is 3. The number of aromatic hydroxyl groups is 1. The summed E-state index contributed by atoms with van der Waals surface area (Å²) in [6.07, 6.45) is 0. The molecule has 0 bridgehead atoms. The van der Waals surface area contributed by atoms with E-state index in [1.54, 1.807) is 17.0 Å². The van der Waals surface area contributed by atoms with Gasteiger partial charge in [-0.3, -0.25) is 0 Å². The van der Waals surface area contributed by atoms with Crippen LogP contribution in [0.15, 0.2) is 45.6 Å². The molecule has 2 heterocycles. The number of rotatable bonds is 2. The predicted octanol–water partition coefficient (Wildman–Crippen LogP) is -0.435. The molecule has 4 rings (SSSR count). The minimum Gasteiger partial charge on any atom is -0.507 e. The molecule has 5 nitrogen and oxygen atoms in total. The largest absolute Gasteiger partial charge is 0.507 e. The van der Waals surface area contributed by atoms with Crippen molar-refractivity contribution in [1.29, 1.82) is 0 Å². The molecule has 0 aliphatic carbocycles. The second kappa shape index (κ2) is 5.92. The van der Waals surface area contributed by atoms with Gasteiger partial charge in [0.15, 0.2) is 5.58 Å². The highest BCUT2D eigenvalue weighted by molar-refractivity contribution is 6.05. The molecule has 0 unspecified atom stereocenters. The Labute approximate surface area is 139 Å². The first-order valence-electron chi connectivity index (χ1n) is 8.45. The van der Waals surface area contributed by atoms with Crippen molar-refractivity contribution in [2.75, 3.05) is 33.2 Å². The van der Waals surface area contributed by atoms with Gasteiger partial charge in [-0.05, 0) is 23.6 Å². The van der Waals surface area contributed by atoms with E-state index >= 15 is 0 Å². The van der Waals surface area contributed by atoms with Crippen molar-refractivity contribution in [3.8, 4) is 5.75 Å². The lowest BCUT2D eigenvalue weighted by Gasteiger charge is -2.27. The second-order valence-electron chi connectivity index (χ2n) is 6.76. The van der Waals surface area contributed by atoms with Crippen LogP contribution in [0, 0.1) is 0 Å². The zero-order chi connectivity index (χ0) is 16.7. The maximum atomic E-state index is 12.3. The maximum Gasteiger partial charge on any atom is 0.344 e. The number of phenols is 1. The predicted molar refractivity (Wildman–Crippen MR) is 92.7 cm³/mol. The lowest BCUT2D eigenvalue weighted by atomic mass is 10.0. The Morgan fingerprint density at radius 2 is 1.71 bits per heavy atom. The molecule has 1 aromatic heterocycles. The van der Waals surface area contributed by atoms with Crippen LogP contribution in [-0.4, -0.2) is 38.3 Å². The molecular formula is C19H22N2O3+2. The topological polar surface area (TPSA) is 59.3 Å². The van der Waals surface area contributed by atoms with E-state index in [9.17, 15) is 9.90 Å². The molecule has 5 heteroatoms. The third kappa shape index (κ3) is 2.56. The number of likely N-dealkylation sites (N-methyl/N-ethyl adjacent to an activating group) is 1. The van der Waals surface area contributed by atoms with Crippen LogP contribution in [-0.2, 0) is 6.54 Å². The van der Waals surface area contributed by atoms with E-state index in [4.69, 9.17) is 4.42 Å². The van der Waals surface area contributed by atoms with Crippen molar-refractivity contribution in [2.45, 2.75) is 6.54 Å². The van der Waals surface area contributed by atoms with Crippen molar-refractivity contribution < 1.29 is 19.3 Å². The van der Waals surface area contributed by atoms with Crippen LogP contribution in [0.1, 0.15) is 5.56 Å². The van der Waals surface area contributed by atoms with Gasteiger partial charge in [0.05, 0.1) is 18.0 Å². The first-order valence-corrected chi connectivity index (χ1v) is 8.45. The summed E-state index contributed by atoms with van der Waals surface area (Å²) in [5, 5.41) is 12.7. The van der Waals surface area contributed by atoms with E-state index in [1.165, 1.54) is 4.90 Å². The quantitative estimate of drug-likeness (QED) is 0.442. The van der Waals surface area contributed by atoms with Crippen LogP contribution in [0.4, 0.5) is 0 Å². The van der Waals surface area contributed by atoms with Gasteiger partial charge >= 0.3 is 5.63 Å². The molecule has 0 saturated carbocycles. The van der Waals surface area contributed by atoms with E-state index in [1.807, 2.05) is 24.3 Å². The standard InChI is InChI=1S/C19H20N2O3/c1-20-8-10-21(11-9-20)12-16-17(22)7-6-14-13-4-2-3-5-15(13)19(23)24-18(14)16/h2-7,22H,8-12H2,1H3/p+2. The van der Waals surface area contributed by atoms with E-state index in [-0.39, 0.29) is 11.4 Å². The highest BCUT2D eigenvalue weighted by Gasteiger charge is 2.23. The molecule has 0 atom stereocenters. The highest BCUT2D eigenvalue weighted by Crippen LogP contribution is 2.30. The van der Waals surface area contributed by atoms with E-state index in [0.29, 0.717) is 17.5 Å². The zero-order valence-electron chi connectivity index (χ0n) is 13.8. The third-order valence-electron chi connectivity index (χ3n) is 5.11. The van der Waals surface area contributed by atoms with Crippen molar-refractivity contribution in [1.82, 2.24) is 0 Å². The molecule has 0 spiro atoms. The Bertz CT molecular complexity index is 956. The number of quaternary nitrogens is 2. The van der Waals surface area contributed by atoms with E-state index < -0.39 is 0 Å². The molecule has 24 heavy (non-hydrogen) atoms. The summed E-state index contributed by atoms with van der Waals surface area (Å²) in [5.74, 6) is 0.208. The van der Waals surface area contributed by atoms with E-state index in [0.717, 1.165) is 42.5 Å². The van der Waals surface area contributed by atoms with Gasteiger partial charge in [-0.25, -0.2) is 4.79 Å². The van der Waals surface area contributed by atoms with Crippen molar-refractivity contribution >= 4 is 21.7 Å². The van der Waals surface area contributed by atoms with Crippen LogP contribution < -0.4 is 15.4 Å². The molecule has 1 fully saturated rings. The van der Waals surface area contributed by atoms with Crippen LogP contribution >= 0.6 is 0 Å². The van der Waals surface area contributed by atoms with Gasteiger partial charge in [-0.2, -0.15) is 0 Å². The summed E-state index contributed by atoms with van der Waals surface area (Å²) in [5.41, 5.74) is 0.921. The van der Waals surface area contributed by atoms with Gasteiger partial charge in [0.25, 0.3) is 0 Å². The highest BCUT2D eigenvalue weighted by atomic mass is 16.4. The fraction of sp³-hybridized carbons (Fsp3) is 0.316. The van der Waals surface area contributed by atoms with E-state index in [2.05, 4.69) is 7.05 Å². The van der Waals surface area contributed by atoms with Crippen molar-refractivity contribution in [3.05, 3.63) is 52.4 Å². The fourth-order valence-electron chi connectivity index (χ4n) is 3.62. The number of piperazine rings is 1. The minimum atomic E-state index is -0.345. The summed E-state index contributed by atoms with van der Waals surface area (Å²) in [6, 6.07) is 11.0. The van der Waals surface area contributed by atoms with Gasteiger partial charge in [-0.15, -0.1) is 0 Å². The van der Waals surface area contributed by atoms with Crippen molar-refractivity contribution in [2.24, 2.45) is 0 Å². The Kier molecular flexibility index (Phi) is 3.75. The molecule has 3 aromatic rings. The SMILES string of the molecule is C[NH+]1CC[NH+](Cc2c(O)ccc3c2oc(=O)c2ccccc23)CC1. The van der Waals surface area contributed by atoms with Crippen LogP contribution in [0.5, 0.6) is 5.75 Å². The zero-order valence-corrected chi connectivity index (χ0v) is 13.8. The Morgan fingerprint density at radius 3 is 2.46 bits per heavy atom. The van der Waals surface area contributed by atoms with Gasteiger partial charge in [0, 0.05) is 5.39 Å². The Hall–Kier alpha value is -2.37. The first-order chi connectivity index (χ1) is 11.6. The third-order valence-corrected chi connectivity index (χ3v) is 5.11. The van der Waals surface area contributed by atoms with Gasteiger partial charge in [0.2, 0.25) is 0 Å². The molecule has 2 aromatic carbocycles. The number of fused-ring (bicyclic) bond motifs is 3. The average molecular weight is 326 g/mol. The van der Waals surface area contributed by atoms with Gasteiger partial charge in [-0.1, -0.05) is 18.2 Å². The molecular weight excluding hydrogens is 304 g/mol. The Morgan fingerprint density at radius 1 is 1.00 bits per heavy atom. The summed E-state index contributed by atoms with van der Waals surface area (Å²) < 4.78 is 5.62. The number of phenolic OH excluding ortho intramolecular Hbond substituents is 1. The molecule has 0 radical (unpaired) electrons. The minimum absolute atomic E-state index is 0.208. The molecule has 1 aliphatic rings. The normalized spacial score (nSPS) is 21.4. The fourth-order valence-corrected chi connectivity index (χ4v) is 3.62. The molecule has 124 valence electrons. The Balaban J connectivity index is 1.85. The average Bonchev–Trinajstić information content (AvgIpc) is 2.60. The van der Waals surface area contributed by atoms with Crippen molar-refractivity contribution in [3.63, 3.8) is 0 Å². The molecule has 3 N–H and O–H groups in total. The number of benzene rings is 2. The van der Waals surface area contributed by atoms with Gasteiger partial charge in [0.1, 0.15) is 38.5 Å². The monoisotopic (exact) mass is 326 g/mol. The lowest BCUT2D eigenvalue weighted by molar-refractivity contribution is -1.01. The maximum absolute atomic E-state index is 12.3. The van der Waals surface area contributed by atoms with Crippen LogP contribution in [0.25, 0.3) is 21.7 Å². The lowest BCUT2D eigenvalue weighted by Crippen LogP contribution is -3.26.